The van der Waals surface area contributed by atoms with Crippen LogP contribution in [0.25, 0.3) is 0 Å². The lowest BCUT2D eigenvalue weighted by Crippen LogP contribution is -2.46. The van der Waals surface area contributed by atoms with Gasteiger partial charge in [-0.05, 0) is 49.6 Å². The first kappa shape index (κ1) is 22.2. The minimum absolute atomic E-state index is 0.232. The Bertz CT molecular complexity index is 762. The highest BCUT2D eigenvalue weighted by molar-refractivity contribution is 7.98. The van der Waals surface area contributed by atoms with Gasteiger partial charge in [-0.25, -0.2) is 4.99 Å². The molecule has 0 aliphatic heterocycles. The van der Waals surface area contributed by atoms with Crippen molar-refractivity contribution in [2.75, 3.05) is 25.1 Å². The van der Waals surface area contributed by atoms with Crippen molar-refractivity contribution in [2.24, 2.45) is 12.0 Å². The molecule has 0 atom stereocenters. The summed E-state index contributed by atoms with van der Waals surface area (Å²) >= 11 is 3.78. The largest absolute Gasteiger partial charge is 0.356 e. The predicted molar refractivity (Wildman–Crippen MR) is 125 cm³/mol. The minimum atomic E-state index is 0.232. The Balaban J connectivity index is 1.69. The van der Waals surface area contributed by atoms with Crippen molar-refractivity contribution in [1.82, 2.24) is 25.4 Å². The lowest BCUT2D eigenvalue weighted by atomic mass is 9.73. The third kappa shape index (κ3) is 5.98. The van der Waals surface area contributed by atoms with Gasteiger partial charge in [0.15, 0.2) is 11.8 Å². The number of aliphatic imine (C=N–C) groups is 1. The number of nitrogens with zero attached hydrogens (tertiary/aromatic N) is 4. The van der Waals surface area contributed by atoms with Crippen molar-refractivity contribution in [3.63, 3.8) is 0 Å². The molecule has 0 radical (unpaired) electrons. The van der Waals surface area contributed by atoms with E-state index in [0.29, 0.717) is 6.54 Å². The molecule has 8 heteroatoms. The number of thiophene rings is 1. The van der Waals surface area contributed by atoms with E-state index in [9.17, 15) is 0 Å². The molecule has 1 saturated carbocycles. The maximum Gasteiger partial charge on any atom is 0.191 e. The van der Waals surface area contributed by atoms with E-state index < -0.39 is 0 Å². The van der Waals surface area contributed by atoms with E-state index in [1.54, 1.807) is 0 Å². The molecule has 2 N–H and O–H groups in total. The van der Waals surface area contributed by atoms with Gasteiger partial charge in [-0.15, -0.1) is 21.5 Å². The first-order chi connectivity index (χ1) is 14.1. The Morgan fingerprint density at radius 2 is 2.10 bits per heavy atom. The number of aryl methyl sites for hydroxylation is 1. The molecule has 0 spiro atoms. The van der Waals surface area contributed by atoms with Crippen LogP contribution in [0.1, 0.15) is 55.1 Å². The summed E-state index contributed by atoms with van der Waals surface area (Å²) in [6.45, 7) is 4.35. The zero-order valence-corrected chi connectivity index (χ0v) is 19.5. The van der Waals surface area contributed by atoms with Crippen LogP contribution in [-0.2, 0) is 19.0 Å². The molecule has 0 bridgehead atoms. The van der Waals surface area contributed by atoms with Crippen LogP contribution in [0.5, 0.6) is 0 Å². The number of hydrogen-bond acceptors (Lipinski definition) is 5. The third-order valence-corrected chi connectivity index (χ3v) is 7.64. The summed E-state index contributed by atoms with van der Waals surface area (Å²) in [4.78, 5) is 6.34. The quantitative estimate of drug-likeness (QED) is 0.356. The molecule has 0 saturated heterocycles. The molecular formula is C21H34N6S2. The normalized spacial score (nSPS) is 16.7. The van der Waals surface area contributed by atoms with Crippen molar-refractivity contribution in [1.29, 1.82) is 0 Å². The number of hydrogen-bond donors (Lipinski definition) is 2. The highest BCUT2D eigenvalue weighted by atomic mass is 32.2. The Hall–Kier alpha value is -1.54. The molecular weight excluding hydrogens is 400 g/mol. The molecule has 1 aliphatic carbocycles. The Labute approximate surface area is 183 Å². The lowest BCUT2D eigenvalue weighted by Gasteiger charge is -2.37. The van der Waals surface area contributed by atoms with Gasteiger partial charge in [-0.3, -0.25) is 0 Å². The Morgan fingerprint density at radius 1 is 1.28 bits per heavy atom. The highest BCUT2D eigenvalue weighted by Crippen LogP contribution is 2.41. The van der Waals surface area contributed by atoms with Crippen LogP contribution >= 0.6 is 23.1 Å². The van der Waals surface area contributed by atoms with E-state index in [4.69, 9.17) is 4.99 Å². The minimum Gasteiger partial charge on any atom is -0.356 e. The van der Waals surface area contributed by atoms with Gasteiger partial charge >= 0.3 is 0 Å². The molecule has 3 rings (SSSR count). The highest BCUT2D eigenvalue weighted by Gasteiger charge is 2.34. The predicted octanol–water partition coefficient (Wildman–Crippen LogP) is 3.88. The number of aromatic nitrogens is 3. The maximum absolute atomic E-state index is 4.83. The third-order valence-electron chi connectivity index (χ3n) is 5.83. The zero-order valence-electron chi connectivity index (χ0n) is 17.9. The lowest BCUT2D eigenvalue weighted by molar-refractivity contribution is 0.296. The second-order valence-corrected chi connectivity index (χ2v) is 9.77. The van der Waals surface area contributed by atoms with Crippen LogP contribution < -0.4 is 10.6 Å². The van der Waals surface area contributed by atoms with Gasteiger partial charge in [0.1, 0.15) is 12.4 Å². The molecule has 1 fully saturated rings. The number of guanidine groups is 1. The first-order valence-corrected chi connectivity index (χ1v) is 12.8. The van der Waals surface area contributed by atoms with Crippen LogP contribution in [0.4, 0.5) is 0 Å². The van der Waals surface area contributed by atoms with E-state index in [0.717, 1.165) is 42.9 Å². The molecule has 1 aliphatic rings. The summed E-state index contributed by atoms with van der Waals surface area (Å²) in [5, 5.41) is 17.8. The van der Waals surface area contributed by atoms with Crippen molar-refractivity contribution >= 4 is 29.1 Å². The van der Waals surface area contributed by atoms with Gasteiger partial charge in [-0.1, -0.05) is 25.3 Å². The van der Waals surface area contributed by atoms with Gasteiger partial charge in [0.25, 0.3) is 0 Å². The van der Waals surface area contributed by atoms with Gasteiger partial charge in [0.2, 0.25) is 0 Å². The van der Waals surface area contributed by atoms with Crippen LogP contribution in [0, 0.1) is 6.92 Å². The van der Waals surface area contributed by atoms with Crippen LogP contribution in [-0.4, -0.2) is 45.8 Å². The molecule has 6 nitrogen and oxygen atoms in total. The van der Waals surface area contributed by atoms with Crippen molar-refractivity contribution in [3.05, 3.63) is 34.0 Å². The molecule has 29 heavy (non-hydrogen) atoms. The topological polar surface area (TPSA) is 67.1 Å². The number of nitrogens with one attached hydrogen (secondary N) is 2. The first-order valence-electron chi connectivity index (χ1n) is 10.5. The SMILES string of the molecule is CSCCCNC(=NCc1nnc(C)n1C)NCC1(c2cccs2)CCCCC1. The molecule has 2 heterocycles. The van der Waals surface area contributed by atoms with E-state index >= 15 is 0 Å². The van der Waals surface area contributed by atoms with Crippen LogP contribution in [0.3, 0.4) is 0 Å². The summed E-state index contributed by atoms with van der Waals surface area (Å²) in [6, 6.07) is 4.49. The Kier molecular flexibility index (Phi) is 8.41. The van der Waals surface area contributed by atoms with Gasteiger partial charge in [0, 0.05) is 30.4 Å². The average Bonchev–Trinajstić information content (AvgIpc) is 3.39. The van der Waals surface area contributed by atoms with Gasteiger partial charge in [0.05, 0.1) is 0 Å². The van der Waals surface area contributed by atoms with Crippen molar-refractivity contribution in [3.8, 4) is 0 Å². The van der Waals surface area contributed by atoms with E-state index in [2.05, 4.69) is 44.6 Å². The van der Waals surface area contributed by atoms with E-state index in [-0.39, 0.29) is 5.41 Å². The summed E-state index contributed by atoms with van der Waals surface area (Å²) in [5.41, 5.74) is 0.232. The standard InChI is InChI=1S/C21H34N6S2/c1-17-25-26-19(27(17)2)15-23-20(22-12-8-13-28-3)24-16-21(10-5-4-6-11-21)18-9-7-14-29-18/h7,9,14H,4-6,8,10-13,15-16H2,1-3H3,(H2,22,23,24). The van der Waals surface area contributed by atoms with E-state index in [1.807, 2.05) is 41.6 Å². The Morgan fingerprint density at radius 3 is 2.76 bits per heavy atom. The summed E-state index contributed by atoms with van der Waals surface area (Å²) < 4.78 is 2.00. The fraction of sp³-hybridized carbons (Fsp3) is 0.667. The van der Waals surface area contributed by atoms with Crippen molar-refractivity contribution in [2.45, 2.75) is 57.4 Å². The summed E-state index contributed by atoms with van der Waals surface area (Å²) in [7, 11) is 1.99. The van der Waals surface area contributed by atoms with E-state index in [1.165, 1.54) is 37.0 Å². The number of rotatable bonds is 9. The van der Waals surface area contributed by atoms with Crippen molar-refractivity contribution < 1.29 is 0 Å². The smallest absolute Gasteiger partial charge is 0.191 e. The number of thioether (sulfide) groups is 1. The molecule has 0 amide bonds. The average molecular weight is 435 g/mol. The fourth-order valence-corrected chi connectivity index (χ4v) is 5.33. The van der Waals surface area contributed by atoms with Crippen LogP contribution in [0.15, 0.2) is 22.5 Å². The second-order valence-electron chi connectivity index (χ2n) is 7.83. The molecule has 0 aromatic carbocycles. The maximum atomic E-state index is 4.83. The zero-order chi connectivity index (χ0) is 20.5. The van der Waals surface area contributed by atoms with Gasteiger partial charge in [-0.2, -0.15) is 11.8 Å². The fourth-order valence-electron chi connectivity index (χ4n) is 3.91. The molecule has 160 valence electrons. The van der Waals surface area contributed by atoms with Crippen LogP contribution in [0.2, 0.25) is 0 Å². The molecule has 0 unspecified atom stereocenters. The summed E-state index contributed by atoms with van der Waals surface area (Å²) in [5.74, 6) is 3.84. The van der Waals surface area contributed by atoms with Gasteiger partial charge < -0.3 is 15.2 Å². The second kappa shape index (κ2) is 11.0. The molecule has 2 aromatic rings. The summed E-state index contributed by atoms with van der Waals surface area (Å²) in [6.07, 6.45) is 9.76. The molecule has 2 aromatic heterocycles. The monoisotopic (exact) mass is 434 g/mol.